The number of ether oxygens (including phenoxy) is 2. The quantitative estimate of drug-likeness (QED) is 0.842. The number of aliphatic imine (C=N–C) groups is 1. The summed E-state index contributed by atoms with van der Waals surface area (Å²) in [5.41, 5.74) is 1.71. The van der Waals surface area contributed by atoms with Gasteiger partial charge in [0.15, 0.2) is 17.3 Å². The number of nitrogens with zero attached hydrogens (tertiary/aromatic N) is 1. The molecule has 84 valence electrons. The molecular formula is C12H14N2O2. The fourth-order valence-corrected chi connectivity index (χ4v) is 1.63. The standard InChI is InChI=1S/C12H14N2O2/c1-3-15-10-5-8-7-14-12(13)9(8)6-11(10)16-4-2/h5-7,13H,3-4H2,1-2H3. The second-order valence-corrected chi connectivity index (χ2v) is 3.36. The van der Waals surface area contributed by atoms with Gasteiger partial charge >= 0.3 is 0 Å². The maximum absolute atomic E-state index is 7.64. The molecule has 1 N–H and O–H groups in total. The minimum atomic E-state index is 0.277. The van der Waals surface area contributed by atoms with E-state index in [1.165, 1.54) is 0 Å². The summed E-state index contributed by atoms with van der Waals surface area (Å²) >= 11 is 0. The van der Waals surface area contributed by atoms with E-state index in [1.807, 2.05) is 26.0 Å². The molecule has 1 aromatic carbocycles. The molecule has 0 saturated heterocycles. The monoisotopic (exact) mass is 218 g/mol. The summed E-state index contributed by atoms with van der Waals surface area (Å²) in [5.74, 6) is 1.67. The summed E-state index contributed by atoms with van der Waals surface area (Å²) in [6.45, 7) is 5.02. The highest BCUT2D eigenvalue weighted by atomic mass is 16.5. The predicted octanol–water partition coefficient (Wildman–Crippen LogP) is 2.24. The minimum absolute atomic E-state index is 0.277. The number of hydrogen-bond acceptors (Lipinski definition) is 3. The zero-order valence-electron chi connectivity index (χ0n) is 9.41. The summed E-state index contributed by atoms with van der Waals surface area (Å²) < 4.78 is 11.0. The molecule has 4 nitrogen and oxygen atoms in total. The highest BCUT2D eigenvalue weighted by molar-refractivity contribution is 6.14. The van der Waals surface area contributed by atoms with Crippen molar-refractivity contribution in [2.75, 3.05) is 13.2 Å². The lowest BCUT2D eigenvalue weighted by atomic mass is 10.1. The molecule has 4 heteroatoms. The molecule has 0 fully saturated rings. The maximum atomic E-state index is 7.64. The van der Waals surface area contributed by atoms with Gasteiger partial charge in [0, 0.05) is 17.3 Å². The van der Waals surface area contributed by atoms with Crippen molar-refractivity contribution in [3.63, 3.8) is 0 Å². The molecule has 0 radical (unpaired) electrons. The SMILES string of the molecule is CCOc1cc2c(cc1OCC)C(=N)N=C2. The third-order valence-corrected chi connectivity index (χ3v) is 2.30. The van der Waals surface area contributed by atoms with Gasteiger partial charge in [-0.05, 0) is 26.0 Å². The largest absolute Gasteiger partial charge is 0.490 e. The Balaban J connectivity index is 2.44. The summed E-state index contributed by atoms with van der Waals surface area (Å²) in [6, 6.07) is 3.69. The Kier molecular flexibility index (Phi) is 2.90. The molecule has 0 amide bonds. The lowest BCUT2D eigenvalue weighted by Gasteiger charge is -2.12. The van der Waals surface area contributed by atoms with Gasteiger partial charge in [-0.25, -0.2) is 4.99 Å². The van der Waals surface area contributed by atoms with Gasteiger partial charge in [-0.2, -0.15) is 0 Å². The predicted molar refractivity (Wildman–Crippen MR) is 63.2 cm³/mol. The van der Waals surface area contributed by atoms with Gasteiger partial charge in [-0.1, -0.05) is 0 Å². The Morgan fingerprint density at radius 3 is 2.38 bits per heavy atom. The summed E-state index contributed by atoms with van der Waals surface area (Å²) in [6.07, 6.45) is 1.68. The molecule has 0 aliphatic carbocycles. The first-order valence-corrected chi connectivity index (χ1v) is 5.32. The average molecular weight is 218 g/mol. The number of rotatable bonds is 4. The molecule has 0 aromatic heterocycles. The Hall–Kier alpha value is -1.84. The van der Waals surface area contributed by atoms with Crippen molar-refractivity contribution >= 4 is 12.1 Å². The Morgan fingerprint density at radius 1 is 1.12 bits per heavy atom. The van der Waals surface area contributed by atoms with Crippen molar-refractivity contribution in [1.29, 1.82) is 5.41 Å². The van der Waals surface area contributed by atoms with Crippen LogP contribution >= 0.6 is 0 Å². The van der Waals surface area contributed by atoms with E-state index in [-0.39, 0.29) is 5.84 Å². The van der Waals surface area contributed by atoms with Crippen LogP contribution in [0.5, 0.6) is 11.5 Å². The first-order chi connectivity index (χ1) is 7.76. The molecule has 1 aromatic rings. The van der Waals surface area contributed by atoms with Crippen LogP contribution < -0.4 is 9.47 Å². The highest BCUT2D eigenvalue weighted by Crippen LogP contribution is 2.32. The van der Waals surface area contributed by atoms with E-state index in [1.54, 1.807) is 6.21 Å². The molecule has 1 aliphatic heterocycles. The van der Waals surface area contributed by atoms with Crippen molar-refractivity contribution in [1.82, 2.24) is 0 Å². The van der Waals surface area contributed by atoms with Crippen LogP contribution in [-0.4, -0.2) is 25.3 Å². The van der Waals surface area contributed by atoms with Crippen LogP contribution in [-0.2, 0) is 0 Å². The zero-order chi connectivity index (χ0) is 11.5. The molecular weight excluding hydrogens is 204 g/mol. The summed E-state index contributed by atoms with van der Waals surface area (Å²) in [4.78, 5) is 3.95. The van der Waals surface area contributed by atoms with Gasteiger partial charge < -0.3 is 9.47 Å². The summed E-state index contributed by atoms with van der Waals surface area (Å²) in [5, 5.41) is 7.64. The van der Waals surface area contributed by atoms with E-state index < -0.39 is 0 Å². The minimum Gasteiger partial charge on any atom is -0.490 e. The normalized spacial score (nSPS) is 12.8. The van der Waals surface area contributed by atoms with Crippen LogP contribution in [0.2, 0.25) is 0 Å². The molecule has 16 heavy (non-hydrogen) atoms. The van der Waals surface area contributed by atoms with Crippen LogP contribution in [0.15, 0.2) is 17.1 Å². The van der Waals surface area contributed by atoms with Gasteiger partial charge in [0.05, 0.1) is 13.2 Å². The number of hydrogen-bond donors (Lipinski definition) is 1. The Morgan fingerprint density at radius 2 is 1.75 bits per heavy atom. The third kappa shape index (κ3) is 1.78. The lowest BCUT2D eigenvalue weighted by molar-refractivity contribution is 0.287. The lowest BCUT2D eigenvalue weighted by Crippen LogP contribution is -2.01. The molecule has 2 rings (SSSR count). The van der Waals surface area contributed by atoms with Crippen LogP contribution in [0, 0.1) is 5.41 Å². The van der Waals surface area contributed by atoms with Gasteiger partial charge in [0.2, 0.25) is 0 Å². The molecule has 0 saturated carbocycles. The molecule has 1 heterocycles. The van der Waals surface area contributed by atoms with Crippen LogP contribution in [0.4, 0.5) is 0 Å². The zero-order valence-corrected chi connectivity index (χ0v) is 9.41. The fraction of sp³-hybridized carbons (Fsp3) is 0.333. The third-order valence-electron chi connectivity index (χ3n) is 2.30. The van der Waals surface area contributed by atoms with E-state index in [0.29, 0.717) is 24.7 Å². The van der Waals surface area contributed by atoms with Crippen LogP contribution in [0.1, 0.15) is 25.0 Å². The average Bonchev–Trinajstić information content (AvgIpc) is 2.62. The van der Waals surface area contributed by atoms with E-state index in [9.17, 15) is 0 Å². The molecule has 1 aliphatic rings. The number of fused-ring (bicyclic) bond motifs is 1. The van der Waals surface area contributed by atoms with E-state index in [2.05, 4.69) is 4.99 Å². The first-order valence-electron chi connectivity index (χ1n) is 5.32. The Bertz CT molecular complexity index is 453. The topological polar surface area (TPSA) is 54.7 Å². The van der Waals surface area contributed by atoms with Gasteiger partial charge in [-0.3, -0.25) is 5.41 Å². The second-order valence-electron chi connectivity index (χ2n) is 3.36. The smallest absolute Gasteiger partial charge is 0.161 e. The van der Waals surface area contributed by atoms with E-state index in [4.69, 9.17) is 14.9 Å². The molecule has 0 unspecified atom stereocenters. The summed E-state index contributed by atoms with van der Waals surface area (Å²) in [7, 11) is 0. The maximum Gasteiger partial charge on any atom is 0.161 e. The van der Waals surface area contributed by atoms with Gasteiger partial charge in [0.1, 0.15) is 0 Å². The van der Waals surface area contributed by atoms with Crippen LogP contribution in [0.25, 0.3) is 0 Å². The van der Waals surface area contributed by atoms with Crippen molar-refractivity contribution in [2.45, 2.75) is 13.8 Å². The Labute approximate surface area is 94.4 Å². The number of benzene rings is 1. The van der Waals surface area contributed by atoms with Crippen molar-refractivity contribution in [3.05, 3.63) is 23.3 Å². The van der Waals surface area contributed by atoms with E-state index >= 15 is 0 Å². The van der Waals surface area contributed by atoms with Crippen molar-refractivity contribution in [3.8, 4) is 11.5 Å². The highest BCUT2D eigenvalue weighted by Gasteiger charge is 2.17. The van der Waals surface area contributed by atoms with Gasteiger partial charge in [-0.15, -0.1) is 0 Å². The van der Waals surface area contributed by atoms with Crippen molar-refractivity contribution < 1.29 is 9.47 Å². The van der Waals surface area contributed by atoms with Crippen LogP contribution in [0.3, 0.4) is 0 Å². The fourth-order valence-electron chi connectivity index (χ4n) is 1.63. The number of amidine groups is 1. The molecule has 0 bridgehead atoms. The number of nitrogens with one attached hydrogen (secondary N) is 1. The first kappa shape index (κ1) is 10.7. The second kappa shape index (κ2) is 4.35. The van der Waals surface area contributed by atoms with E-state index in [0.717, 1.165) is 11.1 Å². The van der Waals surface area contributed by atoms with Gasteiger partial charge in [0.25, 0.3) is 0 Å². The van der Waals surface area contributed by atoms with Crippen molar-refractivity contribution in [2.24, 2.45) is 4.99 Å². The molecule has 0 atom stereocenters. The molecule has 0 spiro atoms.